The number of ether oxygens (including phenoxy) is 1. The highest BCUT2D eigenvalue weighted by Crippen LogP contribution is 2.44. The predicted molar refractivity (Wildman–Crippen MR) is 135 cm³/mol. The van der Waals surface area contributed by atoms with Crippen LogP contribution < -0.4 is 5.32 Å². The van der Waals surface area contributed by atoms with Crippen LogP contribution in [0.3, 0.4) is 0 Å². The molecule has 0 spiro atoms. The quantitative estimate of drug-likeness (QED) is 0.532. The first kappa shape index (κ1) is 26.3. The molecule has 0 bridgehead atoms. The molecule has 0 fully saturated rings. The van der Waals surface area contributed by atoms with Crippen molar-refractivity contribution in [2.75, 3.05) is 20.2 Å². The van der Waals surface area contributed by atoms with E-state index in [1.807, 2.05) is 52.0 Å². The van der Waals surface area contributed by atoms with Crippen molar-refractivity contribution < 1.29 is 24.2 Å². The second-order valence-electron chi connectivity index (χ2n) is 10.6. The molecule has 3 rings (SSSR count). The van der Waals surface area contributed by atoms with Crippen molar-refractivity contribution in [3.05, 3.63) is 59.7 Å². The predicted octanol–water partition coefficient (Wildman–Crippen LogP) is 4.90. The van der Waals surface area contributed by atoms with E-state index in [0.717, 1.165) is 11.1 Å². The number of benzene rings is 2. The zero-order valence-corrected chi connectivity index (χ0v) is 21.2. The highest BCUT2D eigenvalue weighted by Gasteiger charge is 2.32. The molecule has 0 radical (unpaired) electrons. The van der Waals surface area contributed by atoms with Crippen molar-refractivity contribution in [2.45, 2.75) is 52.5 Å². The molecular weight excluding hydrogens is 444 g/mol. The number of nitrogens with one attached hydrogen (secondary N) is 1. The number of fused-ring (bicyclic) bond motifs is 3. The van der Waals surface area contributed by atoms with Crippen molar-refractivity contribution in [2.24, 2.45) is 11.3 Å². The first-order valence-electron chi connectivity index (χ1n) is 12.0. The van der Waals surface area contributed by atoms with Crippen LogP contribution in [0.15, 0.2) is 48.5 Å². The lowest BCUT2D eigenvalue weighted by Gasteiger charge is -2.31. The number of hydrogen-bond donors (Lipinski definition) is 2. The Morgan fingerprint density at radius 3 is 2.09 bits per heavy atom. The minimum Gasteiger partial charge on any atom is -0.480 e. The van der Waals surface area contributed by atoms with Gasteiger partial charge in [0.2, 0.25) is 5.91 Å². The molecule has 188 valence electrons. The Morgan fingerprint density at radius 1 is 1.03 bits per heavy atom. The lowest BCUT2D eigenvalue weighted by Crippen LogP contribution is -2.45. The number of carbonyl (C=O) groups is 3. The molecule has 7 heteroatoms. The molecule has 35 heavy (non-hydrogen) atoms. The molecule has 2 aromatic carbocycles. The minimum atomic E-state index is -1.01. The van der Waals surface area contributed by atoms with E-state index >= 15 is 0 Å². The van der Waals surface area contributed by atoms with E-state index in [1.54, 1.807) is 0 Å². The molecule has 0 saturated heterocycles. The number of carbonyl (C=O) groups excluding carboxylic acids is 2. The van der Waals surface area contributed by atoms with Gasteiger partial charge in [-0.05, 0) is 40.0 Å². The van der Waals surface area contributed by atoms with E-state index in [1.165, 1.54) is 23.1 Å². The molecule has 0 heterocycles. The first-order valence-corrected chi connectivity index (χ1v) is 12.0. The van der Waals surface area contributed by atoms with Crippen molar-refractivity contribution in [1.82, 2.24) is 10.2 Å². The molecule has 0 aliphatic heterocycles. The van der Waals surface area contributed by atoms with Gasteiger partial charge < -0.3 is 20.1 Å². The maximum Gasteiger partial charge on any atom is 0.407 e. The zero-order chi connectivity index (χ0) is 25.8. The number of likely N-dealkylation sites (N-methyl/N-ethyl adjacent to an activating group) is 1. The Labute approximate surface area is 207 Å². The number of carboxylic acid groups (broad SMARTS) is 1. The van der Waals surface area contributed by atoms with Gasteiger partial charge in [0.1, 0.15) is 12.6 Å². The van der Waals surface area contributed by atoms with Gasteiger partial charge in [-0.2, -0.15) is 0 Å². The SMILES string of the molecule is CC(CNC(=O)OCC1c2ccccc2-c2ccccc21)CC(=O)N(C)C(CC(C)(C)C)C(=O)O. The second-order valence-corrected chi connectivity index (χ2v) is 10.6. The van der Waals surface area contributed by atoms with Gasteiger partial charge in [0.15, 0.2) is 0 Å². The van der Waals surface area contributed by atoms with E-state index in [4.69, 9.17) is 4.74 Å². The summed E-state index contributed by atoms with van der Waals surface area (Å²) < 4.78 is 5.54. The van der Waals surface area contributed by atoms with Crippen LogP contribution in [0.4, 0.5) is 4.79 Å². The number of aliphatic carboxylic acids is 1. The number of amides is 2. The van der Waals surface area contributed by atoms with E-state index in [2.05, 4.69) is 29.6 Å². The first-order chi connectivity index (χ1) is 16.5. The molecule has 2 atom stereocenters. The Morgan fingerprint density at radius 2 is 1.57 bits per heavy atom. The summed E-state index contributed by atoms with van der Waals surface area (Å²) in [7, 11) is 1.53. The minimum absolute atomic E-state index is 0.0171. The average Bonchev–Trinajstić information content (AvgIpc) is 3.12. The fourth-order valence-corrected chi connectivity index (χ4v) is 4.57. The molecule has 1 aliphatic carbocycles. The fraction of sp³-hybridized carbons (Fsp3) is 0.464. The molecule has 1 aliphatic rings. The molecule has 7 nitrogen and oxygen atoms in total. The van der Waals surface area contributed by atoms with Gasteiger partial charge >= 0.3 is 12.1 Å². The van der Waals surface area contributed by atoms with E-state index in [-0.39, 0.29) is 42.7 Å². The summed E-state index contributed by atoms with van der Waals surface area (Å²) in [4.78, 5) is 38.1. The number of rotatable bonds is 9. The van der Waals surface area contributed by atoms with Gasteiger partial charge in [0, 0.05) is 25.9 Å². The number of alkyl carbamates (subject to hydrolysis) is 1. The monoisotopic (exact) mass is 480 g/mol. The summed E-state index contributed by atoms with van der Waals surface area (Å²) in [6.45, 7) is 8.16. The van der Waals surface area contributed by atoms with Gasteiger partial charge in [0.25, 0.3) is 0 Å². The fourth-order valence-electron chi connectivity index (χ4n) is 4.57. The highest BCUT2D eigenvalue weighted by atomic mass is 16.5. The third-order valence-electron chi connectivity index (χ3n) is 6.41. The van der Waals surface area contributed by atoms with E-state index < -0.39 is 18.1 Å². The molecule has 2 amide bonds. The maximum atomic E-state index is 12.7. The van der Waals surface area contributed by atoms with E-state index in [9.17, 15) is 19.5 Å². The summed E-state index contributed by atoms with van der Waals surface area (Å²) in [5, 5.41) is 12.3. The third-order valence-corrected chi connectivity index (χ3v) is 6.41. The van der Waals surface area contributed by atoms with Gasteiger partial charge in [-0.3, -0.25) is 4.79 Å². The van der Waals surface area contributed by atoms with E-state index in [0.29, 0.717) is 6.42 Å². The molecule has 2 aromatic rings. The van der Waals surface area contributed by atoms with Crippen molar-refractivity contribution in [1.29, 1.82) is 0 Å². The summed E-state index contributed by atoms with van der Waals surface area (Å²) in [6.07, 6.45) is -0.0407. The summed E-state index contributed by atoms with van der Waals surface area (Å²) in [6, 6.07) is 15.4. The van der Waals surface area contributed by atoms with Crippen LogP contribution in [0.5, 0.6) is 0 Å². The Hall–Kier alpha value is -3.35. The Kier molecular flexibility index (Phi) is 8.20. The summed E-state index contributed by atoms with van der Waals surface area (Å²) in [5.74, 6) is -1.46. The molecule has 0 saturated carbocycles. The lowest BCUT2D eigenvalue weighted by molar-refractivity contribution is -0.150. The maximum absolute atomic E-state index is 12.7. The largest absolute Gasteiger partial charge is 0.480 e. The summed E-state index contributed by atoms with van der Waals surface area (Å²) in [5.41, 5.74) is 4.40. The second kappa shape index (κ2) is 10.9. The summed E-state index contributed by atoms with van der Waals surface area (Å²) >= 11 is 0. The molecule has 2 unspecified atom stereocenters. The van der Waals surface area contributed by atoms with Gasteiger partial charge in [-0.1, -0.05) is 76.2 Å². The van der Waals surface area contributed by atoms with Crippen LogP contribution in [0, 0.1) is 11.3 Å². The van der Waals surface area contributed by atoms with Crippen molar-refractivity contribution >= 4 is 18.0 Å². The average molecular weight is 481 g/mol. The molecule has 0 aromatic heterocycles. The van der Waals surface area contributed by atoms with Crippen molar-refractivity contribution in [3.63, 3.8) is 0 Å². The van der Waals surface area contributed by atoms with Gasteiger partial charge in [-0.15, -0.1) is 0 Å². The van der Waals surface area contributed by atoms with Crippen LogP contribution in [0.25, 0.3) is 11.1 Å². The number of nitrogens with zero attached hydrogens (tertiary/aromatic N) is 1. The van der Waals surface area contributed by atoms with Crippen LogP contribution in [-0.2, 0) is 14.3 Å². The lowest BCUT2D eigenvalue weighted by atomic mass is 9.87. The smallest absolute Gasteiger partial charge is 0.407 e. The molecular formula is C28H36N2O5. The number of hydrogen-bond acceptors (Lipinski definition) is 4. The standard InChI is InChI=1S/C28H36N2O5/c1-18(14-25(31)30(5)24(26(32)33)15-28(2,3)4)16-29-27(34)35-17-23-21-12-8-6-10-19(21)20-11-7-9-13-22(20)23/h6-13,18,23-24H,14-17H2,1-5H3,(H,29,34)(H,32,33). The molecule has 2 N–H and O–H groups in total. The highest BCUT2D eigenvalue weighted by molar-refractivity contribution is 5.83. The van der Waals surface area contributed by atoms with Crippen LogP contribution in [0.2, 0.25) is 0 Å². The Balaban J connectivity index is 1.49. The number of carboxylic acids is 1. The van der Waals surface area contributed by atoms with Crippen LogP contribution in [0.1, 0.15) is 57.6 Å². The topological polar surface area (TPSA) is 95.9 Å². The van der Waals surface area contributed by atoms with Gasteiger partial charge in [-0.25, -0.2) is 9.59 Å². The van der Waals surface area contributed by atoms with Crippen LogP contribution in [-0.4, -0.2) is 54.2 Å². The van der Waals surface area contributed by atoms with Crippen molar-refractivity contribution in [3.8, 4) is 11.1 Å². The van der Waals surface area contributed by atoms with Crippen LogP contribution >= 0.6 is 0 Å². The third kappa shape index (κ3) is 6.62. The zero-order valence-electron chi connectivity index (χ0n) is 21.2. The van der Waals surface area contributed by atoms with Gasteiger partial charge in [0.05, 0.1) is 0 Å². The normalized spacial score (nSPS) is 14.4. The Bertz CT molecular complexity index is 1030.